The van der Waals surface area contributed by atoms with E-state index in [-0.39, 0.29) is 11.8 Å². The Labute approximate surface area is 106 Å². The van der Waals surface area contributed by atoms with E-state index in [9.17, 15) is 9.90 Å². The topological polar surface area (TPSA) is 92.3 Å². The second-order valence-electron chi connectivity index (χ2n) is 4.71. The van der Waals surface area contributed by atoms with Crippen molar-refractivity contribution in [3.05, 3.63) is 17.8 Å². The molecule has 2 rings (SSSR count). The Morgan fingerprint density at radius 1 is 1.44 bits per heavy atom. The van der Waals surface area contributed by atoms with Crippen LogP contribution in [0.2, 0.25) is 0 Å². The van der Waals surface area contributed by atoms with Crippen molar-refractivity contribution in [1.82, 2.24) is 10.2 Å². The van der Waals surface area contributed by atoms with Crippen molar-refractivity contribution in [3.8, 4) is 0 Å². The summed E-state index contributed by atoms with van der Waals surface area (Å²) in [5.41, 5.74) is 5.29. The van der Waals surface area contributed by atoms with Gasteiger partial charge in [-0.3, -0.25) is 4.79 Å². The zero-order valence-electron chi connectivity index (χ0n) is 10.4. The molecule has 1 fully saturated rings. The third kappa shape index (κ3) is 2.76. The second-order valence-corrected chi connectivity index (χ2v) is 4.71. The van der Waals surface area contributed by atoms with Crippen molar-refractivity contribution in [2.45, 2.75) is 25.9 Å². The number of nitrogens with two attached hydrogens (primary N) is 1. The molecule has 1 aromatic heterocycles. The highest BCUT2D eigenvalue weighted by molar-refractivity contribution is 5.90. The van der Waals surface area contributed by atoms with Gasteiger partial charge in [0.25, 0.3) is 5.91 Å². The van der Waals surface area contributed by atoms with Crippen LogP contribution >= 0.6 is 0 Å². The normalized spacial score (nSPS) is 18.7. The van der Waals surface area contributed by atoms with E-state index < -0.39 is 5.91 Å². The van der Waals surface area contributed by atoms with Crippen molar-refractivity contribution in [1.29, 1.82) is 0 Å². The fourth-order valence-electron chi connectivity index (χ4n) is 2.24. The number of nitrogens with zero attached hydrogens (tertiary/aromatic N) is 3. The summed E-state index contributed by atoms with van der Waals surface area (Å²) in [6.45, 7) is 3.53. The lowest BCUT2D eigenvalue weighted by Gasteiger charge is -2.33. The summed E-state index contributed by atoms with van der Waals surface area (Å²) < 4.78 is 0. The van der Waals surface area contributed by atoms with Crippen LogP contribution in [0.5, 0.6) is 0 Å². The van der Waals surface area contributed by atoms with E-state index in [1.807, 2.05) is 6.92 Å². The Kier molecular flexibility index (Phi) is 3.76. The number of aliphatic hydroxyl groups excluding tert-OH is 1. The Bertz CT molecular complexity index is 411. The first-order valence-corrected chi connectivity index (χ1v) is 6.14. The molecule has 0 radical (unpaired) electrons. The van der Waals surface area contributed by atoms with Crippen molar-refractivity contribution in [3.63, 3.8) is 0 Å². The number of rotatable bonds is 3. The van der Waals surface area contributed by atoms with Gasteiger partial charge in [-0.2, -0.15) is 0 Å². The minimum Gasteiger partial charge on any atom is -0.393 e. The van der Waals surface area contributed by atoms with Gasteiger partial charge in [0.1, 0.15) is 0 Å². The van der Waals surface area contributed by atoms with Crippen molar-refractivity contribution >= 4 is 11.7 Å². The number of hydrogen-bond acceptors (Lipinski definition) is 5. The summed E-state index contributed by atoms with van der Waals surface area (Å²) in [5.74, 6) is 0.546. The number of piperidine rings is 1. The van der Waals surface area contributed by atoms with E-state index in [1.54, 1.807) is 12.1 Å². The van der Waals surface area contributed by atoms with Gasteiger partial charge in [-0.1, -0.05) is 0 Å². The molecule has 18 heavy (non-hydrogen) atoms. The average Bonchev–Trinajstić information content (AvgIpc) is 2.39. The monoisotopic (exact) mass is 250 g/mol. The highest BCUT2D eigenvalue weighted by Crippen LogP contribution is 2.23. The van der Waals surface area contributed by atoms with Gasteiger partial charge in [-0.15, -0.1) is 10.2 Å². The predicted octanol–water partition coefficient (Wildman–Crippen LogP) is 0.173. The maximum Gasteiger partial charge on any atom is 0.269 e. The molecule has 1 aliphatic heterocycles. The third-order valence-corrected chi connectivity index (χ3v) is 3.45. The van der Waals surface area contributed by atoms with Crippen LogP contribution in [0.4, 0.5) is 5.82 Å². The molecular formula is C12H18N4O2. The standard InChI is InChI=1S/C12H18N4O2/c1-8(17)9-4-6-16(7-5-9)11-3-2-10(12(13)18)14-15-11/h2-3,8-9,17H,4-7H2,1H3,(H2,13,18). The minimum atomic E-state index is -0.568. The molecular weight excluding hydrogens is 232 g/mol. The SMILES string of the molecule is CC(O)C1CCN(c2ccc(C(N)=O)nn2)CC1. The van der Waals surface area contributed by atoms with Crippen LogP contribution in [-0.4, -0.2) is 40.4 Å². The number of anilines is 1. The summed E-state index contributed by atoms with van der Waals surface area (Å²) in [5, 5.41) is 17.3. The van der Waals surface area contributed by atoms with Gasteiger partial charge in [-0.25, -0.2) is 0 Å². The highest BCUT2D eigenvalue weighted by atomic mass is 16.3. The van der Waals surface area contributed by atoms with Crippen LogP contribution in [0, 0.1) is 5.92 Å². The molecule has 98 valence electrons. The number of primary amides is 1. The average molecular weight is 250 g/mol. The lowest BCUT2D eigenvalue weighted by molar-refractivity contribution is 0.0994. The van der Waals surface area contributed by atoms with E-state index in [0.29, 0.717) is 5.92 Å². The molecule has 1 aliphatic rings. The second kappa shape index (κ2) is 5.30. The van der Waals surface area contributed by atoms with E-state index in [1.165, 1.54) is 0 Å². The van der Waals surface area contributed by atoms with Crippen LogP contribution < -0.4 is 10.6 Å². The molecule has 1 amide bonds. The molecule has 1 unspecified atom stereocenters. The number of aromatic nitrogens is 2. The summed E-state index contributed by atoms with van der Waals surface area (Å²) in [6, 6.07) is 3.35. The van der Waals surface area contributed by atoms with Crippen LogP contribution in [0.25, 0.3) is 0 Å². The molecule has 6 heteroatoms. The van der Waals surface area contributed by atoms with Crippen LogP contribution in [-0.2, 0) is 0 Å². The lowest BCUT2D eigenvalue weighted by atomic mass is 9.92. The van der Waals surface area contributed by atoms with E-state index in [4.69, 9.17) is 5.73 Å². The zero-order chi connectivity index (χ0) is 13.1. The first-order valence-electron chi connectivity index (χ1n) is 6.14. The summed E-state index contributed by atoms with van der Waals surface area (Å²) in [7, 11) is 0. The predicted molar refractivity (Wildman–Crippen MR) is 67.2 cm³/mol. The molecule has 2 heterocycles. The van der Waals surface area contributed by atoms with Crippen LogP contribution in [0.1, 0.15) is 30.3 Å². The largest absolute Gasteiger partial charge is 0.393 e. The molecule has 0 saturated carbocycles. The Morgan fingerprint density at radius 3 is 2.56 bits per heavy atom. The minimum absolute atomic E-state index is 0.178. The first-order chi connectivity index (χ1) is 8.58. The number of amides is 1. The third-order valence-electron chi connectivity index (χ3n) is 3.45. The van der Waals surface area contributed by atoms with Crippen molar-refractivity contribution in [2.24, 2.45) is 11.7 Å². The van der Waals surface area contributed by atoms with Crippen molar-refractivity contribution < 1.29 is 9.90 Å². The fraction of sp³-hybridized carbons (Fsp3) is 0.583. The number of hydrogen-bond donors (Lipinski definition) is 2. The zero-order valence-corrected chi connectivity index (χ0v) is 10.4. The maximum atomic E-state index is 10.9. The molecule has 0 bridgehead atoms. The molecule has 6 nitrogen and oxygen atoms in total. The van der Waals surface area contributed by atoms with E-state index in [2.05, 4.69) is 15.1 Å². The van der Waals surface area contributed by atoms with Gasteiger partial charge in [0.05, 0.1) is 6.10 Å². The first kappa shape index (κ1) is 12.8. The molecule has 1 atom stereocenters. The number of carbonyl (C=O) groups is 1. The molecule has 3 N–H and O–H groups in total. The smallest absolute Gasteiger partial charge is 0.269 e. The van der Waals surface area contributed by atoms with Gasteiger partial charge in [0, 0.05) is 13.1 Å². The molecule has 0 spiro atoms. The van der Waals surface area contributed by atoms with Gasteiger partial charge < -0.3 is 15.7 Å². The Morgan fingerprint density at radius 2 is 2.11 bits per heavy atom. The lowest BCUT2D eigenvalue weighted by Crippen LogP contribution is -2.37. The summed E-state index contributed by atoms with van der Waals surface area (Å²) in [6.07, 6.45) is 1.63. The van der Waals surface area contributed by atoms with Gasteiger partial charge in [-0.05, 0) is 37.8 Å². The highest BCUT2D eigenvalue weighted by Gasteiger charge is 2.23. The van der Waals surface area contributed by atoms with Gasteiger partial charge >= 0.3 is 0 Å². The van der Waals surface area contributed by atoms with E-state index in [0.717, 1.165) is 31.7 Å². The Hall–Kier alpha value is -1.69. The quantitative estimate of drug-likeness (QED) is 0.798. The molecule has 0 aromatic carbocycles. The maximum absolute atomic E-state index is 10.9. The molecule has 0 aliphatic carbocycles. The molecule has 1 aromatic rings. The van der Waals surface area contributed by atoms with Crippen molar-refractivity contribution in [2.75, 3.05) is 18.0 Å². The Balaban J connectivity index is 1.99. The number of aliphatic hydroxyl groups is 1. The summed E-state index contributed by atoms with van der Waals surface area (Å²) in [4.78, 5) is 13.0. The fourth-order valence-corrected chi connectivity index (χ4v) is 2.24. The number of carbonyl (C=O) groups excluding carboxylic acids is 1. The molecule has 1 saturated heterocycles. The summed E-state index contributed by atoms with van der Waals surface area (Å²) >= 11 is 0. The van der Waals surface area contributed by atoms with Crippen LogP contribution in [0.15, 0.2) is 12.1 Å². The van der Waals surface area contributed by atoms with Crippen LogP contribution in [0.3, 0.4) is 0 Å². The van der Waals surface area contributed by atoms with E-state index >= 15 is 0 Å². The van der Waals surface area contributed by atoms with Gasteiger partial charge in [0.2, 0.25) is 0 Å². The van der Waals surface area contributed by atoms with Gasteiger partial charge in [0.15, 0.2) is 11.5 Å².